The summed E-state index contributed by atoms with van der Waals surface area (Å²) in [6.45, 7) is 4.36. The van der Waals surface area contributed by atoms with Gasteiger partial charge in [0.05, 0.1) is 0 Å². The maximum atomic E-state index is 12.0. The highest BCUT2D eigenvalue weighted by atomic mass is 127. The number of rotatable bonds is 4. The van der Waals surface area contributed by atoms with Crippen molar-refractivity contribution in [3.63, 3.8) is 0 Å². The van der Waals surface area contributed by atoms with E-state index in [1.165, 1.54) is 12.8 Å². The second kappa shape index (κ2) is 7.24. The number of nitrogens with one attached hydrogen (secondary N) is 2. The molecule has 2 unspecified atom stereocenters. The van der Waals surface area contributed by atoms with Gasteiger partial charge in [-0.15, -0.1) is 0 Å². The van der Waals surface area contributed by atoms with Crippen LogP contribution in [-0.2, 0) is 4.79 Å². The number of hydrogen-bond acceptors (Lipinski definition) is 2. The van der Waals surface area contributed by atoms with Gasteiger partial charge >= 0.3 is 0 Å². The molecule has 2 N–H and O–H groups in total. The summed E-state index contributed by atoms with van der Waals surface area (Å²) in [4.78, 5) is 12.0. The molecule has 2 rings (SSSR count). The molecule has 0 bridgehead atoms. The highest BCUT2D eigenvalue weighted by Gasteiger charge is 2.21. The van der Waals surface area contributed by atoms with Gasteiger partial charge in [0.2, 0.25) is 5.91 Å². The van der Waals surface area contributed by atoms with Crippen LogP contribution < -0.4 is 10.6 Å². The molecule has 3 nitrogen and oxygen atoms in total. The van der Waals surface area contributed by atoms with Gasteiger partial charge in [0.15, 0.2) is 0 Å². The Labute approximate surface area is 128 Å². The number of hydrogen-bond donors (Lipinski definition) is 2. The molecule has 1 aromatic carbocycles. The number of carbonyl (C=O) groups is 1. The van der Waals surface area contributed by atoms with Crippen molar-refractivity contribution in [3.8, 4) is 0 Å². The van der Waals surface area contributed by atoms with Crippen LogP contribution in [0, 0.1) is 15.4 Å². The van der Waals surface area contributed by atoms with E-state index >= 15 is 0 Å². The molecule has 0 saturated carbocycles. The van der Waals surface area contributed by atoms with E-state index in [1.54, 1.807) is 0 Å². The smallest absolute Gasteiger partial charge is 0.224 e. The van der Waals surface area contributed by atoms with Crippen molar-refractivity contribution in [2.24, 2.45) is 11.8 Å². The highest BCUT2D eigenvalue weighted by Crippen LogP contribution is 2.23. The fraction of sp³-hybridized carbons (Fsp3) is 0.533. The van der Waals surface area contributed by atoms with Gasteiger partial charge in [-0.25, -0.2) is 0 Å². The third-order valence-corrected chi connectivity index (χ3v) is 4.43. The Kier molecular flexibility index (Phi) is 5.63. The minimum absolute atomic E-state index is 0.125. The molecule has 4 heteroatoms. The fourth-order valence-corrected chi connectivity index (χ4v) is 3.14. The maximum Gasteiger partial charge on any atom is 0.224 e. The van der Waals surface area contributed by atoms with Crippen molar-refractivity contribution in [2.75, 3.05) is 18.4 Å². The monoisotopic (exact) mass is 372 g/mol. The lowest BCUT2D eigenvalue weighted by Crippen LogP contribution is -2.34. The van der Waals surface area contributed by atoms with E-state index in [0.717, 1.165) is 22.3 Å². The quantitative estimate of drug-likeness (QED) is 0.797. The third-order valence-electron chi connectivity index (χ3n) is 3.76. The first-order valence-corrected chi connectivity index (χ1v) is 7.99. The molecule has 19 heavy (non-hydrogen) atoms. The van der Waals surface area contributed by atoms with Crippen LogP contribution in [0.25, 0.3) is 0 Å². The molecule has 1 amide bonds. The lowest BCUT2D eigenvalue weighted by molar-refractivity contribution is -0.117. The van der Waals surface area contributed by atoms with E-state index < -0.39 is 0 Å². The molecule has 0 spiro atoms. The van der Waals surface area contributed by atoms with E-state index in [4.69, 9.17) is 0 Å². The molecular formula is C15H21IN2O. The van der Waals surface area contributed by atoms with Crippen LogP contribution in [0.3, 0.4) is 0 Å². The van der Waals surface area contributed by atoms with Crippen LogP contribution in [0.5, 0.6) is 0 Å². The summed E-state index contributed by atoms with van der Waals surface area (Å²) < 4.78 is 1.14. The van der Waals surface area contributed by atoms with Crippen molar-refractivity contribution < 1.29 is 4.79 Å². The number of benzene rings is 1. The molecule has 1 aliphatic rings. The first-order chi connectivity index (χ1) is 9.15. The molecule has 1 saturated heterocycles. The zero-order chi connectivity index (χ0) is 13.7. The van der Waals surface area contributed by atoms with Crippen molar-refractivity contribution in [2.45, 2.75) is 26.2 Å². The SMILES string of the molecule is CC(CC(=O)Nc1cccc(I)c1)C1CCCNC1. The summed E-state index contributed by atoms with van der Waals surface area (Å²) in [5, 5.41) is 6.40. The zero-order valence-electron chi connectivity index (χ0n) is 11.3. The molecule has 0 aromatic heterocycles. The fourth-order valence-electron chi connectivity index (χ4n) is 2.60. The van der Waals surface area contributed by atoms with Crippen LogP contribution in [0.2, 0.25) is 0 Å². The summed E-state index contributed by atoms with van der Waals surface area (Å²) in [6.07, 6.45) is 3.08. The van der Waals surface area contributed by atoms with E-state index in [1.807, 2.05) is 24.3 Å². The Morgan fingerprint density at radius 1 is 1.58 bits per heavy atom. The maximum absolute atomic E-state index is 12.0. The number of piperidine rings is 1. The molecule has 104 valence electrons. The molecule has 1 aliphatic heterocycles. The Hall–Kier alpha value is -0.620. The van der Waals surface area contributed by atoms with Crippen molar-refractivity contribution in [3.05, 3.63) is 27.8 Å². The first-order valence-electron chi connectivity index (χ1n) is 6.91. The topological polar surface area (TPSA) is 41.1 Å². The summed E-state index contributed by atoms with van der Waals surface area (Å²) in [6, 6.07) is 7.91. The molecule has 2 atom stereocenters. The lowest BCUT2D eigenvalue weighted by atomic mass is 9.85. The van der Waals surface area contributed by atoms with Gasteiger partial charge in [-0.05, 0) is 78.6 Å². The molecular weight excluding hydrogens is 351 g/mol. The second-order valence-corrected chi connectivity index (χ2v) is 6.59. The Bertz CT molecular complexity index is 430. The van der Waals surface area contributed by atoms with Crippen LogP contribution in [0.4, 0.5) is 5.69 Å². The van der Waals surface area contributed by atoms with Crippen molar-refractivity contribution >= 4 is 34.2 Å². The van der Waals surface area contributed by atoms with Gasteiger partial charge in [0, 0.05) is 15.7 Å². The normalized spacial score (nSPS) is 20.8. The number of halogens is 1. The van der Waals surface area contributed by atoms with Gasteiger partial charge in [-0.3, -0.25) is 4.79 Å². The summed E-state index contributed by atoms with van der Waals surface area (Å²) in [5.41, 5.74) is 0.894. The summed E-state index contributed by atoms with van der Waals surface area (Å²) in [5.74, 6) is 1.20. The summed E-state index contributed by atoms with van der Waals surface area (Å²) in [7, 11) is 0. The van der Waals surface area contributed by atoms with Gasteiger partial charge in [-0.1, -0.05) is 13.0 Å². The molecule has 0 radical (unpaired) electrons. The van der Waals surface area contributed by atoms with E-state index in [2.05, 4.69) is 40.1 Å². The molecule has 1 aromatic rings. The standard InChI is InChI=1S/C15H21IN2O/c1-11(12-4-3-7-17-10-12)8-15(19)18-14-6-2-5-13(16)9-14/h2,5-6,9,11-12,17H,3-4,7-8,10H2,1H3,(H,18,19). The largest absolute Gasteiger partial charge is 0.326 e. The van der Waals surface area contributed by atoms with Crippen LogP contribution in [-0.4, -0.2) is 19.0 Å². The van der Waals surface area contributed by atoms with Gasteiger partial charge in [-0.2, -0.15) is 0 Å². The van der Waals surface area contributed by atoms with Crippen LogP contribution >= 0.6 is 22.6 Å². The average Bonchev–Trinajstić information content (AvgIpc) is 2.39. The lowest BCUT2D eigenvalue weighted by Gasteiger charge is -2.28. The Balaban J connectivity index is 1.83. The second-order valence-electron chi connectivity index (χ2n) is 5.35. The van der Waals surface area contributed by atoms with E-state index in [0.29, 0.717) is 18.3 Å². The Morgan fingerprint density at radius 3 is 3.11 bits per heavy atom. The Morgan fingerprint density at radius 2 is 2.42 bits per heavy atom. The minimum Gasteiger partial charge on any atom is -0.326 e. The van der Waals surface area contributed by atoms with Gasteiger partial charge in [0.25, 0.3) is 0 Å². The van der Waals surface area contributed by atoms with E-state index in [9.17, 15) is 4.79 Å². The number of amides is 1. The van der Waals surface area contributed by atoms with Crippen molar-refractivity contribution in [1.29, 1.82) is 0 Å². The van der Waals surface area contributed by atoms with Crippen LogP contribution in [0.1, 0.15) is 26.2 Å². The summed E-state index contributed by atoms with van der Waals surface area (Å²) >= 11 is 2.25. The molecule has 0 aliphatic carbocycles. The van der Waals surface area contributed by atoms with Gasteiger partial charge in [0.1, 0.15) is 0 Å². The third kappa shape index (κ3) is 4.76. The number of carbonyl (C=O) groups excluding carboxylic acids is 1. The van der Waals surface area contributed by atoms with Crippen LogP contribution in [0.15, 0.2) is 24.3 Å². The van der Waals surface area contributed by atoms with Gasteiger partial charge < -0.3 is 10.6 Å². The van der Waals surface area contributed by atoms with Crippen molar-refractivity contribution in [1.82, 2.24) is 5.32 Å². The zero-order valence-corrected chi connectivity index (χ0v) is 13.4. The highest BCUT2D eigenvalue weighted by molar-refractivity contribution is 14.1. The number of anilines is 1. The minimum atomic E-state index is 0.125. The van der Waals surface area contributed by atoms with E-state index in [-0.39, 0.29) is 5.91 Å². The average molecular weight is 372 g/mol. The molecule has 1 fully saturated rings. The molecule has 1 heterocycles. The predicted octanol–water partition coefficient (Wildman–Crippen LogP) is 3.26. The first kappa shape index (κ1) is 14.8. The predicted molar refractivity (Wildman–Crippen MR) is 87.2 cm³/mol.